The number of carbonyl (C=O) groups excluding carboxylic acids is 1. The first-order valence-electron chi connectivity index (χ1n) is 6.63. The summed E-state index contributed by atoms with van der Waals surface area (Å²) in [4.78, 5) is 13.4. The summed E-state index contributed by atoms with van der Waals surface area (Å²) in [6.45, 7) is 5.69. The molecule has 1 saturated heterocycles. The van der Waals surface area contributed by atoms with E-state index in [1.165, 1.54) is 17.4 Å². The predicted molar refractivity (Wildman–Crippen MR) is 71.0 cm³/mol. The van der Waals surface area contributed by atoms with E-state index in [4.69, 9.17) is 9.15 Å². The van der Waals surface area contributed by atoms with E-state index in [1.54, 1.807) is 26.8 Å². The molecule has 1 aliphatic heterocycles. The summed E-state index contributed by atoms with van der Waals surface area (Å²) in [6.07, 6.45) is 1.52. The maximum absolute atomic E-state index is 11.9. The second-order valence-electron chi connectivity index (χ2n) is 6.13. The first-order chi connectivity index (χ1) is 9.22. The average molecular weight is 283 g/mol. The zero-order chi connectivity index (χ0) is 15.0. The van der Waals surface area contributed by atoms with Crippen molar-refractivity contribution in [3.8, 4) is 0 Å². The molecule has 0 bridgehead atoms. The lowest BCUT2D eigenvalue weighted by molar-refractivity contribution is -0.123. The molecule has 2 heterocycles. The summed E-state index contributed by atoms with van der Waals surface area (Å²) < 4.78 is 10.2. The van der Waals surface area contributed by atoms with Crippen LogP contribution in [0.1, 0.15) is 32.8 Å². The summed E-state index contributed by atoms with van der Waals surface area (Å²) in [5.41, 5.74) is -1.44. The molecule has 20 heavy (non-hydrogen) atoms. The van der Waals surface area contributed by atoms with E-state index in [1.807, 2.05) is 0 Å². The molecule has 0 radical (unpaired) electrons. The largest absolute Gasteiger partial charge is 0.472 e. The SMILES string of the molecule is CC(C)(C)OC(=O)N1CCC(O)(c2ccoc2)[C@H](O)C1. The van der Waals surface area contributed by atoms with E-state index in [0.717, 1.165) is 0 Å². The number of hydrogen-bond acceptors (Lipinski definition) is 5. The van der Waals surface area contributed by atoms with Crippen LogP contribution in [0, 0.1) is 0 Å². The lowest BCUT2D eigenvalue weighted by Gasteiger charge is -2.41. The average Bonchev–Trinajstić information content (AvgIpc) is 2.84. The Kier molecular flexibility index (Phi) is 3.80. The summed E-state index contributed by atoms with van der Waals surface area (Å²) in [5, 5.41) is 20.7. The van der Waals surface area contributed by atoms with Gasteiger partial charge in [-0.15, -0.1) is 0 Å². The number of piperidine rings is 1. The highest BCUT2D eigenvalue weighted by molar-refractivity contribution is 5.68. The Morgan fingerprint density at radius 2 is 2.25 bits per heavy atom. The van der Waals surface area contributed by atoms with Crippen LogP contribution in [0.3, 0.4) is 0 Å². The molecule has 0 saturated carbocycles. The molecule has 1 aromatic heterocycles. The number of hydrogen-bond donors (Lipinski definition) is 2. The molecule has 0 spiro atoms. The highest BCUT2D eigenvalue weighted by Gasteiger charge is 2.44. The van der Waals surface area contributed by atoms with E-state index in [2.05, 4.69) is 0 Å². The Bertz CT molecular complexity index is 464. The van der Waals surface area contributed by atoms with Crippen LogP contribution in [-0.2, 0) is 10.3 Å². The van der Waals surface area contributed by atoms with Gasteiger partial charge in [-0.05, 0) is 26.8 Å². The minimum Gasteiger partial charge on any atom is -0.472 e. The Morgan fingerprint density at radius 1 is 1.55 bits per heavy atom. The number of aliphatic hydroxyl groups is 2. The second-order valence-corrected chi connectivity index (χ2v) is 6.13. The van der Waals surface area contributed by atoms with Crippen molar-refractivity contribution < 1.29 is 24.2 Å². The van der Waals surface area contributed by atoms with Gasteiger partial charge in [0.15, 0.2) is 0 Å². The van der Waals surface area contributed by atoms with Gasteiger partial charge in [-0.25, -0.2) is 4.79 Å². The van der Waals surface area contributed by atoms with Crippen LogP contribution in [-0.4, -0.2) is 46.0 Å². The van der Waals surface area contributed by atoms with Crippen molar-refractivity contribution in [2.24, 2.45) is 0 Å². The van der Waals surface area contributed by atoms with Gasteiger partial charge in [-0.3, -0.25) is 0 Å². The molecule has 1 aromatic rings. The van der Waals surface area contributed by atoms with Gasteiger partial charge in [0.25, 0.3) is 0 Å². The van der Waals surface area contributed by atoms with Crippen LogP contribution < -0.4 is 0 Å². The molecular weight excluding hydrogens is 262 g/mol. The molecular formula is C14H21NO5. The van der Waals surface area contributed by atoms with Gasteiger partial charge in [0.05, 0.1) is 19.1 Å². The highest BCUT2D eigenvalue weighted by atomic mass is 16.6. The number of ether oxygens (including phenoxy) is 1. The maximum Gasteiger partial charge on any atom is 0.410 e. The third kappa shape index (κ3) is 2.96. The van der Waals surface area contributed by atoms with E-state index in [-0.39, 0.29) is 13.0 Å². The van der Waals surface area contributed by atoms with Gasteiger partial charge < -0.3 is 24.3 Å². The van der Waals surface area contributed by atoms with Crippen LogP contribution in [0.4, 0.5) is 4.79 Å². The van der Waals surface area contributed by atoms with Gasteiger partial charge in [0, 0.05) is 18.5 Å². The number of rotatable bonds is 1. The molecule has 2 rings (SSSR count). The van der Waals surface area contributed by atoms with Gasteiger partial charge in [-0.2, -0.15) is 0 Å². The van der Waals surface area contributed by atoms with Crippen molar-refractivity contribution in [3.63, 3.8) is 0 Å². The van der Waals surface area contributed by atoms with Crippen LogP contribution in [0.2, 0.25) is 0 Å². The Balaban J connectivity index is 2.04. The second kappa shape index (κ2) is 5.10. The molecule has 6 nitrogen and oxygen atoms in total. The number of aliphatic hydroxyl groups excluding tert-OH is 1. The van der Waals surface area contributed by atoms with Crippen molar-refractivity contribution in [3.05, 3.63) is 24.2 Å². The van der Waals surface area contributed by atoms with E-state index < -0.39 is 23.4 Å². The predicted octanol–water partition coefficient (Wildman–Crippen LogP) is 1.47. The van der Waals surface area contributed by atoms with E-state index >= 15 is 0 Å². The topological polar surface area (TPSA) is 83.1 Å². The number of likely N-dealkylation sites (tertiary alicyclic amines) is 1. The standard InChI is InChI=1S/C14H21NO5/c1-13(2,3)20-12(17)15-6-5-14(18,11(16)8-15)10-4-7-19-9-10/h4,7,9,11,16,18H,5-6,8H2,1-3H3/t11-,14?/m1/s1. The molecule has 0 aliphatic carbocycles. The van der Waals surface area contributed by atoms with Crippen molar-refractivity contribution in [2.45, 2.75) is 44.5 Å². The fourth-order valence-corrected chi connectivity index (χ4v) is 2.26. The molecule has 2 N–H and O–H groups in total. The molecule has 2 atom stereocenters. The molecule has 6 heteroatoms. The molecule has 1 amide bonds. The Hall–Kier alpha value is -1.53. The molecule has 1 fully saturated rings. The first-order valence-corrected chi connectivity index (χ1v) is 6.63. The zero-order valence-corrected chi connectivity index (χ0v) is 12.0. The number of nitrogens with zero attached hydrogens (tertiary/aromatic N) is 1. The fourth-order valence-electron chi connectivity index (χ4n) is 2.26. The van der Waals surface area contributed by atoms with Crippen molar-refractivity contribution in [1.29, 1.82) is 0 Å². The molecule has 1 unspecified atom stereocenters. The third-order valence-electron chi connectivity index (χ3n) is 3.38. The lowest BCUT2D eigenvalue weighted by atomic mass is 9.83. The van der Waals surface area contributed by atoms with Crippen LogP contribution >= 0.6 is 0 Å². The minimum atomic E-state index is -1.38. The normalized spacial score (nSPS) is 27.4. The molecule has 1 aliphatic rings. The number of furan rings is 1. The molecule has 0 aromatic carbocycles. The van der Waals surface area contributed by atoms with E-state index in [0.29, 0.717) is 12.1 Å². The van der Waals surface area contributed by atoms with Crippen molar-refractivity contribution >= 4 is 6.09 Å². The number of β-amino-alcohol motifs (C(OH)–C–C–N with tert-alkyl or cyclic N) is 1. The summed E-state index contributed by atoms with van der Waals surface area (Å²) in [7, 11) is 0. The lowest BCUT2D eigenvalue weighted by Crippen LogP contribution is -2.55. The van der Waals surface area contributed by atoms with E-state index in [9.17, 15) is 15.0 Å². The monoisotopic (exact) mass is 283 g/mol. The molecule has 112 valence electrons. The highest BCUT2D eigenvalue weighted by Crippen LogP contribution is 2.33. The number of carbonyl (C=O) groups is 1. The van der Waals surface area contributed by atoms with Gasteiger partial charge in [0.1, 0.15) is 17.3 Å². The van der Waals surface area contributed by atoms with Crippen LogP contribution in [0.25, 0.3) is 0 Å². The summed E-state index contributed by atoms with van der Waals surface area (Å²) in [6, 6.07) is 1.62. The minimum absolute atomic E-state index is 0.0244. The quantitative estimate of drug-likeness (QED) is 0.815. The smallest absolute Gasteiger partial charge is 0.410 e. The fraction of sp³-hybridized carbons (Fsp3) is 0.643. The zero-order valence-electron chi connectivity index (χ0n) is 12.0. The third-order valence-corrected chi connectivity index (χ3v) is 3.38. The van der Waals surface area contributed by atoms with Gasteiger partial charge in [0.2, 0.25) is 0 Å². The summed E-state index contributed by atoms with van der Waals surface area (Å²) in [5.74, 6) is 0. The van der Waals surface area contributed by atoms with Crippen LogP contribution in [0.5, 0.6) is 0 Å². The van der Waals surface area contributed by atoms with Gasteiger partial charge in [-0.1, -0.05) is 0 Å². The number of amides is 1. The Labute approximate surface area is 117 Å². The first kappa shape index (κ1) is 14.9. The Morgan fingerprint density at radius 3 is 2.75 bits per heavy atom. The summed E-state index contributed by atoms with van der Waals surface area (Å²) >= 11 is 0. The van der Waals surface area contributed by atoms with Crippen molar-refractivity contribution in [1.82, 2.24) is 4.90 Å². The maximum atomic E-state index is 11.9. The van der Waals surface area contributed by atoms with Crippen LogP contribution in [0.15, 0.2) is 23.0 Å². The van der Waals surface area contributed by atoms with Gasteiger partial charge >= 0.3 is 6.09 Å². The van der Waals surface area contributed by atoms with Crippen molar-refractivity contribution in [2.75, 3.05) is 13.1 Å².